The molecule has 0 aliphatic heterocycles. The molecular formula is C15H26N2O2S. The highest BCUT2D eigenvalue weighted by Gasteiger charge is 2.26. The van der Waals surface area contributed by atoms with E-state index in [4.69, 9.17) is 5.73 Å². The summed E-state index contributed by atoms with van der Waals surface area (Å²) in [5, 5.41) is 0. The fourth-order valence-electron chi connectivity index (χ4n) is 1.62. The van der Waals surface area contributed by atoms with Crippen molar-refractivity contribution in [2.24, 2.45) is 17.1 Å². The van der Waals surface area contributed by atoms with E-state index in [9.17, 15) is 8.42 Å². The maximum absolute atomic E-state index is 12.4. The highest BCUT2D eigenvalue weighted by Crippen LogP contribution is 2.26. The van der Waals surface area contributed by atoms with Crippen LogP contribution in [0.15, 0.2) is 23.1 Å². The summed E-state index contributed by atoms with van der Waals surface area (Å²) >= 11 is 0. The molecule has 0 aromatic heterocycles. The second kappa shape index (κ2) is 6.24. The Balaban J connectivity index is 3.00. The van der Waals surface area contributed by atoms with Crippen molar-refractivity contribution in [3.05, 3.63) is 29.3 Å². The summed E-state index contributed by atoms with van der Waals surface area (Å²) in [6.45, 7) is 10.8. The van der Waals surface area contributed by atoms with Crippen LogP contribution in [0.4, 0.5) is 0 Å². The zero-order valence-electron chi connectivity index (χ0n) is 13.0. The first-order chi connectivity index (χ1) is 9.10. The maximum atomic E-state index is 12.4. The molecule has 1 aromatic carbocycles. The molecule has 20 heavy (non-hydrogen) atoms. The van der Waals surface area contributed by atoms with Crippen LogP contribution in [0.2, 0.25) is 0 Å². The summed E-state index contributed by atoms with van der Waals surface area (Å²) in [5.74, 6) is 0.390. The predicted molar refractivity (Wildman–Crippen MR) is 82.9 cm³/mol. The molecule has 1 aromatic rings. The number of sulfonamides is 1. The number of rotatable bonds is 6. The zero-order chi connectivity index (χ0) is 15.6. The average Bonchev–Trinajstić information content (AvgIpc) is 2.37. The van der Waals surface area contributed by atoms with Crippen molar-refractivity contribution < 1.29 is 8.42 Å². The first-order valence-corrected chi connectivity index (χ1v) is 8.38. The summed E-state index contributed by atoms with van der Waals surface area (Å²) in [6.07, 6.45) is 0. The first-order valence-electron chi connectivity index (χ1n) is 6.89. The van der Waals surface area contributed by atoms with Crippen LogP contribution in [-0.2, 0) is 16.6 Å². The molecule has 0 unspecified atom stereocenters. The lowest BCUT2D eigenvalue weighted by atomic mass is 9.81. The van der Waals surface area contributed by atoms with E-state index in [0.717, 1.165) is 11.1 Å². The Morgan fingerprint density at radius 1 is 1.30 bits per heavy atom. The van der Waals surface area contributed by atoms with Gasteiger partial charge in [0.1, 0.15) is 0 Å². The normalized spacial score (nSPS) is 12.9. The number of nitrogens with two attached hydrogens (primary N) is 1. The second-order valence-electron chi connectivity index (χ2n) is 6.27. The molecule has 0 atom stereocenters. The van der Waals surface area contributed by atoms with Crippen LogP contribution >= 0.6 is 0 Å². The molecule has 0 spiro atoms. The highest BCUT2D eigenvalue weighted by atomic mass is 32.2. The van der Waals surface area contributed by atoms with Gasteiger partial charge in [0.15, 0.2) is 0 Å². The van der Waals surface area contributed by atoms with Crippen molar-refractivity contribution in [2.45, 2.75) is 46.1 Å². The molecule has 0 aliphatic carbocycles. The smallest absolute Gasteiger partial charge is 0.240 e. The molecule has 114 valence electrons. The number of nitrogens with one attached hydrogen (secondary N) is 1. The van der Waals surface area contributed by atoms with Crippen molar-refractivity contribution in [1.29, 1.82) is 0 Å². The van der Waals surface area contributed by atoms with E-state index >= 15 is 0 Å². The summed E-state index contributed by atoms with van der Waals surface area (Å²) in [4.78, 5) is 0.319. The van der Waals surface area contributed by atoms with Crippen molar-refractivity contribution in [2.75, 3.05) is 6.54 Å². The number of hydrogen-bond donors (Lipinski definition) is 2. The number of benzene rings is 1. The molecule has 0 fully saturated rings. The lowest BCUT2D eigenvalue weighted by Gasteiger charge is -2.29. The predicted octanol–water partition coefficient (Wildman–Crippen LogP) is 2.41. The van der Waals surface area contributed by atoms with Crippen molar-refractivity contribution in [1.82, 2.24) is 4.72 Å². The average molecular weight is 298 g/mol. The molecule has 0 saturated heterocycles. The quantitative estimate of drug-likeness (QED) is 0.847. The van der Waals surface area contributed by atoms with E-state index in [2.05, 4.69) is 32.4 Å². The Morgan fingerprint density at radius 3 is 2.40 bits per heavy atom. The Morgan fingerprint density at radius 2 is 1.90 bits per heavy atom. The van der Waals surface area contributed by atoms with Crippen LogP contribution in [0.1, 0.15) is 38.8 Å². The van der Waals surface area contributed by atoms with Gasteiger partial charge in [0.25, 0.3) is 0 Å². The van der Waals surface area contributed by atoms with Gasteiger partial charge in [-0.3, -0.25) is 0 Å². The minimum Gasteiger partial charge on any atom is -0.326 e. The molecular weight excluding hydrogens is 272 g/mol. The van der Waals surface area contributed by atoms with Crippen molar-refractivity contribution >= 4 is 10.0 Å². The summed E-state index contributed by atoms with van der Waals surface area (Å²) < 4.78 is 27.6. The van der Waals surface area contributed by atoms with Gasteiger partial charge in [0.2, 0.25) is 10.0 Å². The molecule has 0 radical (unpaired) electrons. The Kier molecular flexibility index (Phi) is 5.35. The van der Waals surface area contributed by atoms with E-state index in [-0.39, 0.29) is 5.41 Å². The van der Waals surface area contributed by atoms with Crippen molar-refractivity contribution in [3.8, 4) is 0 Å². The lowest BCUT2D eigenvalue weighted by molar-refractivity contribution is 0.252. The molecule has 0 aliphatic rings. The number of aryl methyl sites for hydroxylation is 1. The molecule has 0 heterocycles. The fourth-order valence-corrected chi connectivity index (χ4v) is 3.14. The largest absolute Gasteiger partial charge is 0.326 e. The van der Waals surface area contributed by atoms with Crippen LogP contribution in [0.25, 0.3) is 0 Å². The second-order valence-corrected chi connectivity index (χ2v) is 8.01. The van der Waals surface area contributed by atoms with Gasteiger partial charge in [-0.2, -0.15) is 0 Å². The van der Waals surface area contributed by atoms with Gasteiger partial charge in [-0.25, -0.2) is 13.1 Å². The monoisotopic (exact) mass is 298 g/mol. The van der Waals surface area contributed by atoms with Gasteiger partial charge in [0, 0.05) is 13.1 Å². The molecule has 0 saturated carbocycles. The molecule has 0 bridgehead atoms. The standard InChI is InChI=1S/C15H26N2O2S/c1-11(2)15(4,5)10-17-20(18,19)14-8-13(9-16)7-6-12(14)3/h6-8,11,17H,9-10,16H2,1-5H3. The van der Waals surface area contributed by atoms with Gasteiger partial charge in [-0.05, 0) is 35.4 Å². The van der Waals surface area contributed by atoms with Crippen molar-refractivity contribution in [3.63, 3.8) is 0 Å². The van der Waals surface area contributed by atoms with E-state index in [1.165, 1.54) is 0 Å². The maximum Gasteiger partial charge on any atom is 0.240 e. The molecule has 4 nitrogen and oxygen atoms in total. The van der Waals surface area contributed by atoms with Crippen LogP contribution in [0, 0.1) is 18.3 Å². The van der Waals surface area contributed by atoms with E-state index in [1.54, 1.807) is 19.1 Å². The van der Waals surface area contributed by atoms with Crippen LogP contribution in [0.5, 0.6) is 0 Å². The zero-order valence-corrected chi connectivity index (χ0v) is 13.8. The third-order valence-electron chi connectivity index (χ3n) is 4.06. The summed E-state index contributed by atoms with van der Waals surface area (Å²) in [6, 6.07) is 5.30. The van der Waals surface area contributed by atoms with Gasteiger partial charge < -0.3 is 5.73 Å². The lowest BCUT2D eigenvalue weighted by Crippen LogP contribution is -2.37. The SMILES string of the molecule is Cc1ccc(CN)cc1S(=O)(=O)NCC(C)(C)C(C)C. The van der Waals surface area contributed by atoms with Crippen LogP contribution in [0.3, 0.4) is 0 Å². The Bertz CT molecular complexity index is 563. The van der Waals surface area contributed by atoms with Gasteiger partial charge in [-0.15, -0.1) is 0 Å². The third-order valence-corrected chi connectivity index (χ3v) is 5.60. The van der Waals surface area contributed by atoms with Crippen LogP contribution in [-0.4, -0.2) is 15.0 Å². The van der Waals surface area contributed by atoms with Crippen LogP contribution < -0.4 is 10.5 Å². The molecule has 3 N–H and O–H groups in total. The summed E-state index contributed by atoms with van der Waals surface area (Å²) in [5.41, 5.74) is 7.04. The van der Waals surface area contributed by atoms with E-state index in [0.29, 0.717) is 23.9 Å². The molecule has 1 rings (SSSR count). The fraction of sp³-hybridized carbons (Fsp3) is 0.600. The first kappa shape index (κ1) is 17.1. The topological polar surface area (TPSA) is 72.2 Å². The molecule has 0 amide bonds. The van der Waals surface area contributed by atoms with Gasteiger partial charge >= 0.3 is 0 Å². The van der Waals surface area contributed by atoms with E-state index < -0.39 is 10.0 Å². The van der Waals surface area contributed by atoms with E-state index in [1.807, 2.05) is 6.07 Å². The van der Waals surface area contributed by atoms with Gasteiger partial charge in [0.05, 0.1) is 4.90 Å². The third kappa shape index (κ3) is 4.04. The van der Waals surface area contributed by atoms with Gasteiger partial charge in [-0.1, -0.05) is 39.8 Å². The minimum absolute atomic E-state index is 0.0908. The highest BCUT2D eigenvalue weighted by molar-refractivity contribution is 7.89. The Labute approximate surface area is 122 Å². The minimum atomic E-state index is -3.50. The number of hydrogen-bond acceptors (Lipinski definition) is 3. The summed E-state index contributed by atoms with van der Waals surface area (Å²) in [7, 11) is -3.50. The molecule has 5 heteroatoms. The Hall–Kier alpha value is -0.910.